The van der Waals surface area contributed by atoms with Crippen LogP contribution in [0.25, 0.3) is 5.69 Å². The van der Waals surface area contributed by atoms with E-state index in [0.717, 1.165) is 11.3 Å². The summed E-state index contributed by atoms with van der Waals surface area (Å²) in [6.07, 6.45) is 0. The second-order valence-corrected chi connectivity index (χ2v) is 6.77. The van der Waals surface area contributed by atoms with Crippen molar-refractivity contribution in [1.82, 2.24) is 20.2 Å². The van der Waals surface area contributed by atoms with Crippen molar-refractivity contribution in [2.24, 2.45) is 0 Å². The fourth-order valence-electron chi connectivity index (χ4n) is 2.28. The molecular formula is C17H16ClN5O2S. The van der Waals surface area contributed by atoms with Gasteiger partial charge in [0.2, 0.25) is 11.1 Å². The van der Waals surface area contributed by atoms with Crippen molar-refractivity contribution < 1.29 is 9.53 Å². The van der Waals surface area contributed by atoms with E-state index in [-0.39, 0.29) is 11.7 Å². The number of aromatic nitrogens is 4. The summed E-state index contributed by atoms with van der Waals surface area (Å²) in [5.74, 6) is 0.466. The minimum absolute atomic E-state index is 0.141. The third kappa shape index (κ3) is 4.33. The minimum atomic E-state index is -0.214. The Labute approximate surface area is 159 Å². The molecule has 26 heavy (non-hydrogen) atoms. The van der Waals surface area contributed by atoms with Crippen LogP contribution in [-0.4, -0.2) is 39.0 Å². The average molecular weight is 390 g/mol. The molecule has 0 spiro atoms. The standard InChI is InChI=1S/C17H16ClN5O2S/c1-11-4-3-5-13(8-11)23-17(20-21-22-23)26-10-16(24)19-14-9-12(18)6-7-15(14)25-2/h3-9H,10H2,1-2H3,(H,19,24). The molecule has 0 unspecified atom stereocenters. The van der Waals surface area contributed by atoms with Gasteiger partial charge in [-0.25, -0.2) is 0 Å². The van der Waals surface area contributed by atoms with Crippen molar-refractivity contribution in [1.29, 1.82) is 0 Å². The highest BCUT2D eigenvalue weighted by molar-refractivity contribution is 7.99. The predicted molar refractivity (Wildman–Crippen MR) is 101 cm³/mol. The molecule has 0 aliphatic heterocycles. The second kappa shape index (κ2) is 8.20. The molecule has 1 aromatic heterocycles. The Balaban J connectivity index is 1.68. The second-order valence-electron chi connectivity index (χ2n) is 5.39. The molecule has 2 aromatic carbocycles. The van der Waals surface area contributed by atoms with E-state index in [9.17, 15) is 4.79 Å². The Morgan fingerprint density at radius 2 is 2.15 bits per heavy atom. The lowest BCUT2D eigenvalue weighted by atomic mass is 10.2. The van der Waals surface area contributed by atoms with Gasteiger partial charge in [-0.2, -0.15) is 4.68 Å². The van der Waals surface area contributed by atoms with E-state index >= 15 is 0 Å². The highest BCUT2D eigenvalue weighted by Crippen LogP contribution is 2.28. The van der Waals surface area contributed by atoms with Gasteiger partial charge in [0.15, 0.2) is 0 Å². The van der Waals surface area contributed by atoms with E-state index in [1.165, 1.54) is 18.9 Å². The van der Waals surface area contributed by atoms with Crippen molar-refractivity contribution in [2.45, 2.75) is 12.1 Å². The van der Waals surface area contributed by atoms with Gasteiger partial charge in [0.25, 0.3) is 0 Å². The lowest BCUT2D eigenvalue weighted by molar-refractivity contribution is -0.113. The molecule has 0 aliphatic carbocycles. The van der Waals surface area contributed by atoms with Gasteiger partial charge in [0.1, 0.15) is 5.75 Å². The molecule has 1 amide bonds. The first kappa shape index (κ1) is 18.2. The number of carbonyl (C=O) groups excluding carboxylic acids is 1. The Morgan fingerprint density at radius 1 is 1.31 bits per heavy atom. The van der Waals surface area contributed by atoms with Crippen LogP contribution in [0, 0.1) is 6.92 Å². The van der Waals surface area contributed by atoms with Gasteiger partial charge >= 0.3 is 0 Å². The highest BCUT2D eigenvalue weighted by Gasteiger charge is 2.13. The molecule has 3 rings (SSSR count). The summed E-state index contributed by atoms with van der Waals surface area (Å²) >= 11 is 7.22. The van der Waals surface area contributed by atoms with Crippen LogP contribution >= 0.6 is 23.4 Å². The van der Waals surface area contributed by atoms with E-state index in [1.807, 2.05) is 31.2 Å². The number of amides is 1. The summed E-state index contributed by atoms with van der Waals surface area (Å²) < 4.78 is 6.83. The van der Waals surface area contributed by atoms with E-state index in [4.69, 9.17) is 16.3 Å². The first-order valence-corrected chi connectivity index (χ1v) is 9.05. The Kier molecular flexibility index (Phi) is 5.75. The molecule has 9 heteroatoms. The van der Waals surface area contributed by atoms with Crippen molar-refractivity contribution in [3.63, 3.8) is 0 Å². The fraction of sp³-hybridized carbons (Fsp3) is 0.176. The molecular weight excluding hydrogens is 374 g/mol. The number of methoxy groups -OCH3 is 1. The Morgan fingerprint density at radius 3 is 2.92 bits per heavy atom. The number of nitrogens with one attached hydrogen (secondary N) is 1. The number of ether oxygens (including phenoxy) is 1. The molecule has 0 radical (unpaired) electrons. The highest BCUT2D eigenvalue weighted by atomic mass is 35.5. The van der Waals surface area contributed by atoms with E-state index in [2.05, 4.69) is 20.8 Å². The van der Waals surface area contributed by atoms with Crippen LogP contribution < -0.4 is 10.1 Å². The van der Waals surface area contributed by atoms with Gasteiger partial charge in [-0.3, -0.25) is 4.79 Å². The number of rotatable bonds is 6. The third-order valence-corrected chi connectivity index (χ3v) is 4.61. The predicted octanol–water partition coefficient (Wildman–Crippen LogP) is 3.36. The molecule has 0 atom stereocenters. The van der Waals surface area contributed by atoms with Crippen LogP contribution in [0.3, 0.4) is 0 Å². The zero-order chi connectivity index (χ0) is 18.5. The summed E-state index contributed by atoms with van der Waals surface area (Å²) in [7, 11) is 1.53. The quantitative estimate of drug-likeness (QED) is 0.651. The maximum Gasteiger partial charge on any atom is 0.234 e. The van der Waals surface area contributed by atoms with Crippen molar-refractivity contribution >= 4 is 35.0 Å². The summed E-state index contributed by atoms with van der Waals surface area (Å²) in [5, 5.41) is 15.5. The van der Waals surface area contributed by atoms with Crippen LogP contribution in [-0.2, 0) is 4.79 Å². The fourth-order valence-corrected chi connectivity index (χ4v) is 3.15. The van der Waals surface area contributed by atoms with Crippen LogP contribution in [0.1, 0.15) is 5.56 Å². The number of nitrogens with zero attached hydrogens (tertiary/aromatic N) is 4. The van der Waals surface area contributed by atoms with Crippen LogP contribution in [0.15, 0.2) is 47.6 Å². The monoisotopic (exact) mass is 389 g/mol. The topological polar surface area (TPSA) is 81.9 Å². The molecule has 7 nitrogen and oxygen atoms in total. The van der Waals surface area contributed by atoms with Gasteiger partial charge in [-0.1, -0.05) is 35.5 Å². The molecule has 0 bridgehead atoms. The molecule has 1 N–H and O–H groups in total. The van der Waals surface area contributed by atoms with Crippen molar-refractivity contribution in [3.8, 4) is 11.4 Å². The van der Waals surface area contributed by atoms with E-state index < -0.39 is 0 Å². The number of tetrazole rings is 1. The minimum Gasteiger partial charge on any atom is -0.495 e. The molecule has 0 aliphatic rings. The summed E-state index contributed by atoms with van der Waals surface area (Å²) in [6, 6.07) is 12.8. The number of carbonyl (C=O) groups is 1. The van der Waals surface area contributed by atoms with Gasteiger partial charge in [-0.05, 0) is 53.2 Å². The number of anilines is 1. The van der Waals surface area contributed by atoms with E-state index in [0.29, 0.717) is 21.6 Å². The maximum atomic E-state index is 12.3. The summed E-state index contributed by atoms with van der Waals surface area (Å²) in [4.78, 5) is 12.3. The molecule has 3 aromatic rings. The zero-order valence-electron chi connectivity index (χ0n) is 14.1. The van der Waals surface area contributed by atoms with Crippen molar-refractivity contribution in [3.05, 3.63) is 53.1 Å². The summed E-state index contributed by atoms with van der Waals surface area (Å²) in [5.41, 5.74) is 2.46. The Hall–Kier alpha value is -2.58. The number of halogens is 1. The van der Waals surface area contributed by atoms with Gasteiger partial charge in [0.05, 0.1) is 24.2 Å². The van der Waals surface area contributed by atoms with Gasteiger partial charge in [0, 0.05) is 5.02 Å². The molecule has 0 saturated carbocycles. The number of aryl methyl sites for hydroxylation is 1. The molecule has 1 heterocycles. The number of hydrogen-bond acceptors (Lipinski definition) is 6. The molecule has 134 valence electrons. The lowest BCUT2D eigenvalue weighted by Gasteiger charge is -2.10. The van der Waals surface area contributed by atoms with Crippen molar-refractivity contribution in [2.75, 3.05) is 18.2 Å². The van der Waals surface area contributed by atoms with Gasteiger partial charge in [-0.15, -0.1) is 5.10 Å². The zero-order valence-corrected chi connectivity index (χ0v) is 15.7. The lowest BCUT2D eigenvalue weighted by Crippen LogP contribution is -2.15. The first-order chi connectivity index (χ1) is 12.6. The maximum absolute atomic E-state index is 12.3. The largest absolute Gasteiger partial charge is 0.495 e. The van der Waals surface area contributed by atoms with Gasteiger partial charge < -0.3 is 10.1 Å². The smallest absolute Gasteiger partial charge is 0.234 e. The molecule has 0 fully saturated rings. The van der Waals surface area contributed by atoms with Crippen LogP contribution in [0.2, 0.25) is 5.02 Å². The van der Waals surface area contributed by atoms with Crippen LogP contribution in [0.4, 0.5) is 5.69 Å². The third-order valence-electron chi connectivity index (χ3n) is 3.46. The summed E-state index contributed by atoms with van der Waals surface area (Å²) in [6.45, 7) is 1.99. The Bertz CT molecular complexity index is 931. The number of thioether (sulfide) groups is 1. The van der Waals surface area contributed by atoms with Crippen LogP contribution in [0.5, 0.6) is 5.75 Å². The number of hydrogen-bond donors (Lipinski definition) is 1. The number of benzene rings is 2. The van der Waals surface area contributed by atoms with E-state index in [1.54, 1.807) is 22.9 Å². The normalized spacial score (nSPS) is 10.6. The average Bonchev–Trinajstić information content (AvgIpc) is 3.09. The molecule has 0 saturated heterocycles. The first-order valence-electron chi connectivity index (χ1n) is 7.68. The SMILES string of the molecule is COc1ccc(Cl)cc1NC(=O)CSc1nnnn1-c1cccc(C)c1.